The average molecular weight is 284 g/mol. The predicted octanol–water partition coefficient (Wildman–Crippen LogP) is 0.681. The Hall–Kier alpha value is -1.30. The summed E-state index contributed by atoms with van der Waals surface area (Å²) < 4.78 is 0. The molecule has 2 rings (SSSR count). The van der Waals surface area contributed by atoms with E-state index in [1.165, 1.54) is 12.1 Å². The molecule has 0 atom stereocenters. The standard InChI is InChI=1S/C13H18ClN3O2/c14-10-1-2-11(12(18)9-10)13(19)16-5-8-17-6-3-15-4-7-17/h1-2,9,15,18H,3-8H2,(H,16,19). The topological polar surface area (TPSA) is 64.6 Å². The number of nitrogens with zero attached hydrogens (tertiary/aromatic N) is 1. The van der Waals surface area contributed by atoms with Gasteiger partial charge in [0.25, 0.3) is 5.91 Å². The molecule has 0 spiro atoms. The summed E-state index contributed by atoms with van der Waals surface area (Å²) in [4.78, 5) is 14.2. The van der Waals surface area contributed by atoms with E-state index in [0.717, 1.165) is 32.7 Å². The van der Waals surface area contributed by atoms with Crippen molar-refractivity contribution in [3.8, 4) is 5.75 Å². The van der Waals surface area contributed by atoms with Crippen molar-refractivity contribution in [1.29, 1.82) is 0 Å². The summed E-state index contributed by atoms with van der Waals surface area (Å²) in [5.74, 6) is -0.364. The lowest BCUT2D eigenvalue weighted by Crippen LogP contribution is -2.46. The number of phenolic OH excluding ortho intramolecular Hbond substituents is 1. The van der Waals surface area contributed by atoms with Crippen LogP contribution >= 0.6 is 11.6 Å². The molecule has 6 heteroatoms. The summed E-state index contributed by atoms with van der Waals surface area (Å²) in [6.45, 7) is 5.38. The predicted molar refractivity (Wildman–Crippen MR) is 74.8 cm³/mol. The normalized spacial score (nSPS) is 16.3. The first-order chi connectivity index (χ1) is 9.16. The molecule has 1 aliphatic heterocycles. The maximum atomic E-state index is 11.9. The Balaban J connectivity index is 1.80. The molecule has 1 aliphatic rings. The first kappa shape index (κ1) is 14.1. The third kappa shape index (κ3) is 4.09. The SMILES string of the molecule is O=C(NCCN1CCNCC1)c1ccc(Cl)cc1O. The summed E-state index contributed by atoms with van der Waals surface area (Å²) in [5.41, 5.74) is 0.254. The first-order valence-electron chi connectivity index (χ1n) is 6.36. The van der Waals surface area contributed by atoms with Crippen LogP contribution < -0.4 is 10.6 Å². The Morgan fingerprint density at radius 3 is 2.84 bits per heavy atom. The van der Waals surface area contributed by atoms with Crippen LogP contribution in [-0.2, 0) is 0 Å². The number of hydrogen-bond donors (Lipinski definition) is 3. The molecular formula is C13H18ClN3O2. The lowest BCUT2D eigenvalue weighted by Gasteiger charge is -2.27. The fourth-order valence-electron chi connectivity index (χ4n) is 2.05. The average Bonchev–Trinajstić information content (AvgIpc) is 2.39. The monoisotopic (exact) mass is 283 g/mol. The zero-order valence-electron chi connectivity index (χ0n) is 10.7. The van der Waals surface area contributed by atoms with E-state index in [2.05, 4.69) is 15.5 Å². The first-order valence-corrected chi connectivity index (χ1v) is 6.74. The minimum atomic E-state index is -0.274. The Kier molecular flexibility index (Phi) is 5.01. The second kappa shape index (κ2) is 6.75. The molecule has 1 aromatic carbocycles. The maximum Gasteiger partial charge on any atom is 0.255 e. The van der Waals surface area contributed by atoms with E-state index in [1.807, 2.05) is 0 Å². The third-order valence-corrected chi connectivity index (χ3v) is 3.36. The van der Waals surface area contributed by atoms with Crippen LogP contribution in [0.5, 0.6) is 5.75 Å². The largest absolute Gasteiger partial charge is 0.507 e. The van der Waals surface area contributed by atoms with Crippen molar-refractivity contribution in [3.05, 3.63) is 28.8 Å². The molecule has 1 aromatic rings. The maximum absolute atomic E-state index is 11.9. The molecular weight excluding hydrogens is 266 g/mol. The minimum absolute atomic E-state index is 0.0906. The van der Waals surface area contributed by atoms with Crippen molar-refractivity contribution in [2.75, 3.05) is 39.3 Å². The summed E-state index contributed by atoms with van der Waals surface area (Å²) in [7, 11) is 0. The summed E-state index contributed by atoms with van der Waals surface area (Å²) in [5, 5.41) is 16.1. The van der Waals surface area contributed by atoms with Crippen LogP contribution in [0.15, 0.2) is 18.2 Å². The van der Waals surface area contributed by atoms with Crippen molar-refractivity contribution < 1.29 is 9.90 Å². The number of amides is 1. The molecule has 1 amide bonds. The second-order valence-corrected chi connectivity index (χ2v) is 4.95. The highest BCUT2D eigenvalue weighted by Crippen LogP contribution is 2.21. The van der Waals surface area contributed by atoms with Gasteiger partial charge in [0.1, 0.15) is 5.75 Å². The smallest absolute Gasteiger partial charge is 0.255 e. The van der Waals surface area contributed by atoms with E-state index in [-0.39, 0.29) is 17.2 Å². The van der Waals surface area contributed by atoms with Crippen molar-refractivity contribution in [1.82, 2.24) is 15.5 Å². The van der Waals surface area contributed by atoms with Gasteiger partial charge in [-0.3, -0.25) is 9.69 Å². The van der Waals surface area contributed by atoms with Gasteiger partial charge >= 0.3 is 0 Å². The zero-order valence-corrected chi connectivity index (χ0v) is 11.4. The lowest BCUT2D eigenvalue weighted by atomic mass is 10.2. The van der Waals surface area contributed by atoms with Crippen LogP contribution in [0.1, 0.15) is 10.4 Å². The Bertz CT molecular complexity index is 448. The number of benzene rings is 1. The van der Waals surface area contributed by atoms with Crippen molar-refractivity contribution in [2.45, 2.75) is 0 Å². The molecule has 1 saturated heterocycles. The molecule has 0 radical (unpaired) electrons. The van der Waals surface area contributed by atoms with Crippen LogP contribution in [-0.4, -0.2) is 55.2 Å². The highest BCUT2D eigenvalue weighted by atomic mass is 35.5. The molecule has 5 nitrogen and oxygen atoms in total. The number of rotatable bonds is 4. The third-order valence-electron chi connectivity index (χ3n) is 3.13. The van der Waals surface area contributed by atoms with Gasteiger partial charge in [0, 0.05) is 44.3 Å². The number of hydrogen-bond acceptors (Lipinski definition) is 4. The van der Waals surface area contributed by atoms with E-state index >= 15 is 0 Å². The van der Waals surface area contributed by atoms with Gasteiger partial charge in [-0.05, 0) is 18.2 Å². The number of phenols is 1. The Labute approximate surface area is 117 Å². The number of piperazine rings is 1. The number of nitrogens with one attached hydrogen (secondary N) is 2. The highest BCUT2D eigenvalue weighted by molar-refractivity contribution is 6.30. The number of aromatic hydroxyl groups is 1. The van der Waals surface area contributed by atoms with Gasteiger partial charge in [0.05, 0.1) is 5.56 Å². The van der Waals surface area contributed by atoms with E-state index in [1.54, 1.807) is 6.07 Å². The molecule has 104 valence electrons. The molecule has 0 aromatic heterocycles. The van der Waals surface area contributed by atoms with Crippen LogP contribution in [0.2, 0.25) is 5.02 Å². The van der Waals surface area contributed by atoms with Gasteiger partial charge in [-0.1, -0.05) is 11.6 Å². The van der Waals surface area contributed by atoms with Crippen LogP contribution in [0, 0.1) is 0 Å². The molecule has 0 bridgehead atoms. The van der Waals surface area contributed by atoms with E-state index in [0.29, 0.717) is 11.6 Å². The summed E-state index contributed by atoms with van der Waals surface area (Å²) in [6, 6.07) is 4.48. The van der Waals surface area contributed by atoms with Crippen LogP contribution in [0.4, 0.5) is 0 Å². The van der Waals surface area contributed by atoms with Gasteiger partial charge in [0.15, 0.2) is 0 Å². The molecule has 0 saturated carbocycles. The van der Waals surface area contributed by atoms with Crippen molar-refractivity contribution in [2.24, 2.45) is 0 Å². The molecule has 3 N–H and O–H groups in total. The molecule has 19 heavy (non-hydrogen) atoms. The van der Waals surface area contributed by atoms with Crippen LogP contribution in [0.25, 0.3) is 0 Å². The van der Waals surface area contributed by atoms with Gasteiger partial charge in [-0.15, -0.1) is 0 Å². The molecule has 1 fully saturated rings. The fraction of sp³-hybridized carbons (Fsp3) is 0.462. The summed E-state index contributed by atoms with van der Waals surface area (Å²) >= 11 is 5.72. The number of carbonyl (C=O) groups excluding carboxylic acids is 1. The van der Waals surface area contributed by atoms with Gasteiger partial charge < -0.3 is 15.7 Å². The molecule has 1 heterocycles. The van der Waals surface area contributed by atoms with E-state index in [9.17, 15) is 9.90 Å². The van der Waals surface area contributed by atoms with Crippen molar-refractivity contribution >= 4 is 17.5 Å². The molecule has 0 unspecified atom stereocenters. The second-order valence-electron chi connectivity index (χ2n) is 4.51. The highest BCUT2D eigenvalue weighted by Gasteiger charge is 2.12. The van der Waals surface area contributed by atoms with Gasteiger partial charge in [-0.25, -0.2) is 0 Å². The summed E-state index contributed by atoms with van der Waals surface area (Å²) in [6.07, 6.45) is 0. The fourth-order valence-corrected chi connectivity index (χ4v) is 2.22. The minimum Gasteiger partial charge on any atom is -0.507 e. The quantitative estimate of drug-likeness (QED) is 0.760. The number of halogens is 1. The zero-order chi connectivity index (χ0) is 13.7. The van der Waals surface area contributed by atoms with E-state index in [4.69, 9.17) is 11.6 Å². The van der Waals surface area contributed by atoms with Crippen LogP contribution in [0.3, 0.4) is 0 Å². The van der Waals surface area contributed by atoms with Gasteiger partial charge in [-0.2, -0.15) is 0 Å². The Morgan fingerprint density at radius 2 is 2.16 bits per heavy atom. The lowest BCUT2D eigenvalue weighted by molar-refractivity contribution is 0.0944. The van der Waals surface area contributed by atoms with Gasteiger partial charge in [0.2, 0.25) is 0 Å². The number of carbonyl (C=O) groups is 1. The van der Waals surface area contributed by atoms with Crippen molar-refractivity contribution in [3.63, 3.8) is 0 Å². The van der Waals surface area contributed by atoms with E-state index < -0.39 is 0 Å². The Morgan fingerprint density at radius 1 is 1.42 bits per heavy atom. The molecule has 0 aliphatic carbocycles.